The molecular formula is C10H13F2N. The highest BCUT2D eigenvalue weighted by Crippen LogP contribution is 2.21. The van der Waals surface area contributed by atoms with E-state index in [9.17, 15) is 8.78 Å². The molecule has 0 saturated heterocycles. The van der Waals surface area contributed by atoms with Crippen molar-refractivity contribution in [1.82, 2.24) is 0 Å². The van der Waals surface area contributed by atoms with Gasteiger partial charge in [-0.2, -0.15) is 0 Å². The van der Waals surface area contributed by atoms with Crippen LogP contribution in [0.3, 0.4) is 0 Å². The minimum Gasteiger partial charge on any atom is -0.324 e. The Hall–Kier alpha value is -0.960. The van der Waals surface area contributed by atoms with E-state index in [1.54, 1.807) is 6.92 Å². The van der Waals surface area contributed by atoms with Crippen molar-refractivity contribution in [3.63, 3.8) is 0 Å². The van der Waals surface area contributed by atoms with Crippen LogP contribution in [0.4, 0.5) is 8.78 Å². The zero-order chi connectivity index (χ0) is 10.0. The summed E-state index contributed by atoms with van der Waals surface area (Å²) in [5.74, 6) is -1.09. The van der Waals surface area contributed by atoms with Gasteiger partial charge in [-0.05, 0) is 25.0 Å². The Balaban J connectivity index is 3.30. The van der Waals surface area contributed by atoms with Gasteiger partial charge >= 0.3 is 0 Å². The van der Waals surface area contributed by atoms with Crippen LogP contribution in [-0.4, -0.2) is 0 Å². The lowest BCUT2D eigenvalue weighted by molar-refractivity contribution is 0.557. The van der Waals surface area contributed by atoms with E-state index in [-0.39, 0.29) is 0 Å². The molecular weight excluding hydrogens is 172 g/mol. The molecule has 0 heterocycles. The van der Waals surface area contributed by atoms with Crippen molar-refractivity contribution in [1.29, 1.82) is 0 Å². The van der Waals surface area contributed by atoms with E-state index in [2.05, 4.69) is 0 Å². The number of halogens is 2. The topological polar surface area (TPSA) is 26.0 Å². The molecule has 0 radical (unpaired) electrons. The van der Waals surface area contributed by atoms with Crippen molar-refractivity contribution < 1.29 is 8.78 Å². The van der Waals surface area contributed by atoms with Crippen LogP contribution >= 0.6 is 0 Å². The van der Waals surface area contributed by atoms with Crippen molar-refractivity contribution in [3.8, 4) is 0 Å². The molecule has 0 spiro atoms. The van der Waals surface area contributed by atoms with Gasteiger partial charge in [0.1, 0.15) is 11.6 Å². The second kappa shape index (κ2) is 3.83. The maximum absolute atomic E-state index is 13.2. The maximum atomic E-state index is 13.2. The average Bonchev–Trinajstić information content (AvgIpc) is 2.01. The summed E-state index contributed by atoms with van der Waals surface area (Å²) in [5, 5.41) is 0. The zero-order valence-corrected chi connectivity index (χ0v) is 7.77. The number of rotatable bonds is 2. The summed E-state index contributed by atoms with van der Waals surface area (Å²) < 4.78 is 26.0. The van der Waals surface area contributed by atoms with E-state index in [0.29, 0.717) is 17.5 Å². The first-order valence-corrected chi connectivity index (χ1v) is 4.29. The molecule has 72 valence electrons. The summed E-state index contributed by atoms with van der Waals surface area (Å²) in [5.41, 5.74) is 6.64. The molecule has 0 fully saturated rings. The van der Waals surface area contributed by atoms with Crippen LogP contribution in [0, 0.1) is 11.6 Å². The highest BCUT2D eigenvalue weighted by molar-refractivity contribution is 5.31. The van der Waals surface area contributed by atoms with Gasteiger partial charge in [-0.25, -0.2) is 8.78 Å². The fourth-order valence-corrected chi connectivity index (χ4v) is 1.44. The quantitative estimate of drug-likeness (QED) is 0.752. The molecule has 1 aromatic rings. The van der Waals surface area contributed by atoms with Gasteiger partial charge in [0.05, 0.1) is 0 Å². The largest absolute Gasteiger partial charge is 0.324 e. The molecule has 3 heteroatoms. The second-order valence-corrected chi connectivity index (χ2v) is 3.10. The highest BCUT2D eigenvalue weighted by Gasteiger charge is 2.13. The van der Waals surface area contributed by atoms with Crippen LogP contribution < -0.4 is 5.73 Å². The van der Waals surface area contributed by atoms with Crippen LogP contribution in [0.1, 0.15) is 31.0 Å². The van der Waals surface area contributed by atoms with Crippen molar-refractivity contribution in [3.05, 3.63) is 34.9 Å². The van der Waals surface area contributed by atoms with Crippen LogP contribution in [0.2, 0.25) is 0 Å². The number of nitrogens with two attached hydrogens (primary N) is 1. The number of hydrogen-bond donors (Lipinski definition) is 1. The second-order valence-electron chi connectivity index (χ2n) is 3.10. The third-order valence-electron chi connectivity index (χ3n) is 2.02. The van der Waals surface area contributed by atoms with Crippen molar-refractivity contribution in [2.75, 3.05) is 0 Å². The fraction of sp³-hybridized carbons (Fsp3) is 0.400. The van der Waals surface area contributed by atoms with Gasteiger partial charge in [-0.15, -0.1) is 0 Å². The molecule has 0 aromatic heterocycles. The molecule has 0 amide bonds. The molecule has 1 rings (SSSR count). The molecule has 0 aliphatic heterocycles. The van der Waals surface area contributed by atoms with Crippen LogP contribution in [0.5, 0.6) is 0 Å². The van der Waals surface area contributed by atoms with Gasteiger partial charge in [0.2, 0.25) is 0 Å². The van der Waals surface area contributed by atoms with E-state index < -0.39 is 17.7 Å². The van der Waals surface area contributed by atoms with Gasteiger partial charge in [0.15, 0.2) is 0 Å². The van der Waals surface area contributed by atoms with E-state index in [1.807, 2.05) is 6.92 Å². The number of aryl methyl sites for hydroxylation is 1. The Morgan fingerprint density at radius 1 is 1.38 bits per heavy atom. The molecule has 0 unspecified atom stereocenters. The minimum absolute atomic E-state index is 0.393. The molecule has 1 nitrogen and oxygen atoms in total. The summed E-state index contributed by atoms with van der Waals surface area (Å²) >= 11 is 0. The molecule has 0 bridgehead atoms. The molecule has 0 aliphatic carbocycles. The third-order valence-corrected chi connectivity index (χ3v) is 2.02. The normalized spacial score (nSPS) is 13.0. The first kappa shape index (κ1) is 10.1. The van der Waals surface area contributed by atoms with Gasteiger partial charge < -0.3 is 5.73 Å². The Bertz CT molecular complexity index is 308. The molecule has 0 aliphatic rings. The first-order chi connectivity index (χ1) is 6.06. The summed E-state index contributed by atoms with van der Waals surface area (Å²) in [6.07, 6.45) is 0.589. The van der Waals surface area contributed by atoms with Crippen LogP contribution in [-0.2, 0) is 6.42 Å². The Morgan fingerprint density at radius 2 is 2.00 bits per heavy atom. The van der Waals surface area contributed by atoms with E-state index in [4.69, 9.17) is 5.73 Å². The smallest absolute Gasteiger partial charge is 0.131 e. The van der Waals surface area contributed by atoms with Gasteiger partial charge in [-0.1, -0.05) is 6.92 Å². The SMILES string of the molecule is CCc1cc(F)cc(F)c1[C@@H](C)N. The molecule has 13 heavy (non-hydrogen) atoms. The van der Waals surface area contributed by atoms with E-state index >= 15 is 0 Å². The highest BCUT2D eigenvalue weighted by atomic mass is 19.1. The lowest BCUT2D eigenvalue weighted by Gasteiger charge is -2.12. The summed E-state index contributed by atoms with van der Waals surface area (Å²) in [7, 11) is 0. The third kappa shape index (κ3) is 2.04. The molecule has 0 saturated carbocycles. The lowest BCUT2D eigenvalue weighted by atomic mass is 9.99. The van der Waals surface area contributed by atoms with Crippen LogP contribution in [0.25, 0.3) is 0 Å². The number of hydrogen-bond acceptors (Lipinski definition) is 1. The molecule has 1 atom stereocenters. The minimum atomic E-state index is -0.549. The Morgan fingerprint density at radius 3 is 2.46 bits per heavy atom. The summed E-state index contributed by atoms with van der Waals surface area (Å²) in [4.78, 5) is 0. The molecule has 2 N–H and O–H groups in total. The van der Waals surface area contributed by atoms with Crippen LogP contribution in [0.15, 0.2) is 12.1 Å². The van der Waals surface area contributed by atoms with Crippen molar-refractivity contribution in [2.45, 2.75) is 26.3 Å². The Kier molecular flexibility index (Phi) is 2.98. The monoisotopic (exact) mass is 185 g/mol. The van der Waals surface area contributed by atoms with Crippen molar-refractivity contribution >= 4 is 0 Å². The van der Waals surface area contributed by atoms with Gasteiger partial charge in [0, 0.05) is 17.7 Å². The molecule has 1 aromatic carbocycles. The van der Waals surface area contributed by atoms with E-state index in [1.165, 1.54) is 6.07 Å². The summed E-state index contributed by atoms with van der Waals surface area (Å²) in [6.45, 7) is 3.54. The standard InChI is InChI=1S/C10H13F2N/c1-3-7-4-8(11)5-9(12)10(7)6(2)13/h4-6H,3,13H2,1-2H3/t6-/m1/s1. The van der Waals surface area contributed by atoms with E-state index in [0.717, 1.165) is 6.07 Å². The lowest BCUT2D eigenvalue weighted by Crippen LogP contribution is -2.11. The predicted octanol–water partition coefficient (Wildman–Crippen LogP) is 2.55. The zero-order valence-electron chi connectivity index (χ0n) is 7.77. The predicted molar refractivity (Wildman–Crippen MR) is 48.3 cm³/mol. The average molecular weight is 185 g/mol. The Labute approximate surface area is 76.6 Å². The van der Waals surface area contributed by atoms with Gasteiger partial charge in [-0.3, -0.25) is 0 Å². The maximum Gasteiger partial charge on any atom is 0.131 e. The number of benzene rings is 1. The fourth-order valence-electron chi connectivity index (χ4n) is 1.44. The van der Waals surface area contributed by atoms with Gasteiger partial charge in [0.25, 0.3) is 0 Å². The first-order valence-electron chi connectivity index (χ1n) is 4.29. The van der Waals surface area contributed by atoms with Crippen molar-refractivity contribution in [2.24, 2.45) is 5.73 Å². The summed E-state index contributed by atoms with van der Waals surface area (Å²) in [6, 6.07) is 1.81.